The lowest BCUT2D eigenvalue weighted by atomic mass is 10.1. The standard InChI is InChI=1S/C22H17FN2O/c1-16-2-9-21(12-19(16)13-24)25-14-17-5-10-22(11-6-17)26-15-18-3-7-20(23)8-4-18/h2-12,14H,15H2,1H3. The van der Waals surface area contributed by atoms with Gasteiger partial charge in [-0.25, -0.2) is 4.39 Å². The Balaban J connectivity index is 1.62. The number of hydrogen-bond donors (Lipinski definition) is 0. The summed E-state index contributed by atoms with van der Waals surface area (Å²) in [6, 6.07) is 21.5. The molecule has 0 saturated carbocycles. The SMILES string of the molecule is Cc1ccc(N=Cc2ccc(OCc3ccc(F)cc3)cc2)cc1C#N. The van der Waals surface area contributed by atoms with Crippen molar-refractivity contribution >= 4 is 11.9 Å². The maximum atomic E-state index is 12.9. The lowest BCUT2D eigenvalue weighted by Gasteiger charge is -2.06. The van der Waals surface area contributed by atoms with Crippen LogP contribution in [0.5, 0.6) is 5.75 Å². The molecule has 3 rings (SSSR count). The van der Waals surface area contributed by atoms with Crippen molar-refractivity contribution in [2.75, 3.05) is 0 Å². The molecule has 0 aliphatic heterocycles. The number of halogens is 1. The Labute approximate surface area is 152 Å². The van der Waals surface area contributed by atoms with Gasteiger partial charge in [-0.1, -0.05) is 18.2 Å². The van der Waals surface area contributed by atoms with Crippen LogP contribution in [-0.4, -0.2) is 6.21 Å². The largest absolute Gasteiger partial charge is 0.489 e. The van der Waals surface area contributed by atoms with E-state index < -0.39 is 0 Å². The molecule has 0 radical (unpaired) electrons. The third-order valence-electron chi connectivity index (χ3n) is 3.90. The molecule has 3 aromatic carbocycles. The van der Waals surface area contributed by atoms with Crippen LogP contribution in [0.4, 0.5) is 10.1 Å². The summed E-state index contributed by atoms with van der Waals surface area (Å²) >= 11 is 0. The van der Waals surface area contributed by atoms with Crippen molar-refractivity contribution in [3.05, 3.63) is 94.8 Å². The molecule has 0 aliphatic rings. The summed E-state index contributed by atoms with van der Waals surface area (Å²) in [6.45, 7) is 2.28. The zero-order valence-corrected chi connectivity index (χ0v) is 14.3. The molecular weight excluding hydrogens is 327 g/mol. The van der Waals surface area contributed by atoms with Crippen molar-refractivity contribution in [2.24, 2.45) is 4.99 Å². The molecule has 3 aromatic rings. The topological polar surface area (TPSA) is 45.4 Å². The van der Waals surface area contributed by atoms with Crippen molar-refractivity contribution in [1.29, 1.82) is 5.26 Å². The van der Waals surface area contributed by atoms with Gasteiger partial charge in [-0.2, -0.15) is 5.26 Å². The van der Waals surface area contributed by atoms with E-state index in [9.17, 15) is 4.39 Å². The molecule has 26 heavy (non-hydrogen) atoms. The van der Waals surface area contributed by atoms with Gasteiger partial charge in [0.2, 0.25) is 0 Å². The maximum Gasteiger partial charge on any atom is 0.123 e. The Hall–Kier alpha value is -3.45. The first-order chi connectivity index (χ1) is 12.6. The van der Waals surface area contributed by atoms with Crippen molar-refractivity contribution in [3.63, 3.8) is 0 Å². The molecule has 0 spiro atoms. The van der Waals surface area contributed by atoms with E-state index in [4.69, 9.17) is 10.00 Å². The lowest BCUT2D eigenvalue weighted by molar-refractivity contribution is 0.306. The second-order valence-corrected chi connectivity index (χ2v) is 5.85. The van der Waals surface area contributed by atoms with Crippen molar-refractivity contribution in [3.8, 4) is 11.8 Å². The average molecular weight is 344 g/mol. The molecule has 0 bridgehead atoms. The summed E-state index contributed by atoms with van der Waals surface area (Å²) in [6.07, 6.45) is 1.75. The van der Waals surface area contributed by atoms with E-state index in [0.29, 0.717) is 12.2 Å². The highest BCUT2D eigenvalue weighted by atomic mass is 19.1. The van der Waals surface area contributed by atoms with Crippen LogP contribution in [0.2, 0.25) is 0 Å². The van der Waals surface area contributed by atoms with Gasteiger partial charge in [-0.15, -0.1) is 0 Å². The molecule has 0 aromatic heterocycles. The van der Waals surface area contributed by atoms with Gasteiger partial charge in [0.25, 0.3) is 0 Å². The van der Waals surface area contributed by atoms with Gasteiger partial charge in [0.15, 0.2) is 0 Å². The van der Waals surface area contributed by atoms with Crippen molar-refractivity contribution < 1.29 is 9.13 Å². The van der Waals surface area contributed by atoms with E-state index in [-0.39, 0.29) is 5.82 Å². The minimum absolute atomic E-state index is 0.257. The summed E-state index contributed by atoms with van der Waals surface area (Å²) in [5, 5.41) is 9.07. The van der Waals surface area contributed by atoms with Gasteiger partial charge in [0, 0.05) is 6.21 Å². The summed E-state index contributed by atoms with van der Waals surface area (Å²) in [5.41, 5.74) is 4.14. The smallest absolute Gasteiger partial charge is 0.123 e. The summed E-state index contributed by atoms with van der Waals surface area (Å²) in [4.78, 5) is 4.41. The summed E-state index contributed by atoms with van der Waals surface area (Å²) in [5.74, 6) is 0.474. The minimum atomic E-state index is -0.257. The molecular formula is C22H17FN2O. The van der Waals surface area contributed by atoms with Gasteiger partial charge in [0.1, 0.15) is 18.2 Å². The fraction of sp³-hybridized carbons (Fsp3) is 0.0909. The molecule has 0 heterocycles. The van der Waals surface area contributed by atoms with Gasteiger partial charge >= 0.3 is 0 Å². The van der Waals surface area contributed by atoms with Gasteiger partial charge in [-0.3, -0.25) is 4.99 Å². The summed E-state index contributed by atoms with van der Waals surface area (Å²) in [7, 11) is 0. The van der Waals surface area contributed by atoms with Crippen LogP contribution in [0, 0.1) is 24.1 Å². The quantitative estimate of drug-likeness (QED) is 0.587. The predicted octanol–water partition coefficient (Wildman–Crippen LogP) is 5.34. The van der Waals surface area contributed by atoms with E-state index in [1.165, 1.54) is 12.1 Å². The fourth-order valence-electron chi connectivity index (χ4n) is 2.36. The average Bonchev–Trinajstić information content (AvgIpc) is 2.68. The van der Waals surface area contributed by atoms with E-state index in [2.05, 4.69) is 11.1 Å². The Bertz CT molecular complexity index is 955. The van der Waals surface area contributed by atoms with Gasteiger partial charge in [-0.05, 0) is 72.1 Å². The van der Waals surface area contributed by atoms with E-state index in [0.717, 1.165) is 28.1 Å². The molecule has 0 aliphatic carbocycles. The molecule has 128 valence electrons. The highest BCUT2D eigenvalue weighted by Crippen LogP contribution is 2.18. The van der Waals surface area contributed by atoms with Crippen molar-refractivity contribution in [1.82, 2.24) is 0 Å². The molecule has 0 saturated heterocycles. The number of aryl methyl sites for hydroxylation is 1. The zero-order valence-electron chi connectivity index (χ0n) is 14.3. The second-order valence-electron chi connectivity index (χ2n) is 5.85. The Morgan fingerprint density at radius 2 is 1.77 bits per heavy atom. The van der Waals surface area contributed by atoms with Crippen LogP contribution in [0.1, 0.15) is 22.3 Å². The lowest BCUT2D eigenvalue weighted by Crippen LogP contribution is -1.95. The maximum absolute atomic E-state index is 12.9. The number of ether oxygens (including phenoxy) is 1. The molecule has 0 N–H and O–H groups in total. The molecule has 3 nitrogen and oxygen atoms in total. The second kappa shape index (κ2) is 8.09. The number of aliphatic imine (C=N–C) groups is 1. The highest BCUT2D eigenvalue weighted by molar-refractivity contribution is 5.82. The van der Waals surface area contributed by atoms with Crippen LogP contribution in [0.15, 0.2) is 71.7 Å². The number of nitriles is 1. The van der Waals surface area contributed by atoms with Gasteiger partial charge < -0.3 is 4.74 Å². The van der Waals surface area contributed by atoms with E-state index in [1.54, 1.807) is 24.4 Å². The van der Waals surface area contributed by atoms with Crippen LogP contribution in [0.25, 0.3) is 0 Å². The first-order valence-electron chi connectivity index (χ1n) is 8.16. The van der Waals surface area contributed by atoms with Crippen molar-refractivity contribution in [2.45, 2.75) is 13.5 Å². The van der Waals surface area contributed by atoms with Crippen LogP contribution < -0.4 is 4.74 Å². The third-order valence-corrected chi connectivity index (χ3v) is 3.90. The predicted molar refractivity (Wildman–Crippen MR) is 100 cm³/mol. The first-order valence-corrected chi connectivity index (χ1v) is 8.16. The normalized spacial score (nSPS) is 10.7. The van der Waals surface area contributed by atoms with Crippen LogP contribution >= 0.6 is 0 Å². The number of nitrogens with zero attached hydrogens (tertiary/aromatic N) is 2. The van der Waals surface area contributed by atoms with Gasteiger partial charge in [0.05, 0.1) is 17.3 Å². The molecule has 0 unspecified atom stereocenters. The number of benzene rings is 3. The molecule has 4 heteroatoms. The van der Waals surface area contributed by atoms with E-state index >= 15 is 0 Å². The minimum Gasteiger partial charge on any atom is -0.489 e. The van der Waals surface area contributed by atoms with Crippen LogP contribution in [0.3, 0.4) is 0 Å². The Morgan fingerprint density at radius 1 is 1.04 bits per heavy atom. The van der Waals surface area contributed by atoms with Crippen LogP contribution in [-0.2, 0) is 6.61 Å². The molecule has 0 fully saturated rings. The Morgan fingerprint density at radius 3 is 2.46 bits per heavy atom. The highest BCUT2D eigenvalue weighted by Gasteiger charge is 1.99. The molecule has 0 atom stereocenters. The Kier molecular flexibility index (Phi) is 5.40. The van der Waals surface area contributed by atoms with E-state index in [1.807, 2.05) is 43.3 Å². The monoisotopic (exact) mass is 344 g/mol. The number of rotatable bonds is 5. The molecule has 0 amide bonds. The zero-order chi connectivity index (χ0) is 18.4. The summed E-state index contributed by atoms with van der Waals surface area (Å²) < 4.78 is 18.6. The fourth-order valence-corrected chi connectivity index (χ4v) is 2.36. The first kappa shape index (κ1) is 17.4. The third kappa shape index (κ3) is 4.55. The number of hydrogen-bond acceptors (Lipinski definition) is 3.